The minimum atomic E-state index is -4.12. The van der Waals surface area contributed by atoms with Gasteiger partial charge in [0.1, 0.15) is 16.5 Å². The number of rotatable bonds is 7. The van der Waals surface area contributed by atoms with Gasteiger partial charge < -0.3 is 9.08 Å². The van der Waals surface area contributed by atoms with Gasteiger partial charge in [-0.2, -0.15) is 8.42 Å². The zero-order valence-corrected chi connectivity index (χ0v) is 18.5. The fourth-order valence-corrected chi connectivity index (χ4v) is 4.06. The summed E-state index contributed by atoms with van der Waals surface area (Å²) in [6.45, 7) is 4.03. The molecule has 0 fully saturated rings. The minimum absolute atomic E-state index is 0.0979. The molecule has 0 saturated carbocycles. The van der Waals surface area contributed by atoms with Gasteiger partial charge in [-0.25, -0.2) is 4.39 Å². The first-order valence-corrected chi connectivity index (χ1v) is 11.3. The van der Waals surface area contributed by atoms with Crippen molar-refractivity contribution < 1.29 is 21.8 Å². The lowest BCUT2D eigenvalue weighted by Gasteiger charge is -2.27. The Hall–Kier alpha value is -2.90. The lowest BCUT2D eigenvalue weighted by Crippen LogP contribution is -2.36. The zero-order valence-electron chi connectivity index (χ0n) is 17.0. The average Bonchev–Trinajstić information content (AvgIpc) is 2.71. The normalized spacial score (nSPS) is 11.4. The molecular formula is C23H21ClFNO4S. The minimum Gasteiger partial charge on any atom is -0.379 e. The summed E-state index contributed by atoms with van der Waals surface area (Å²) in [4.78, 5) is 14.5. The second-order valence-corrected chi connectivity index (χ2v) is 9.16. The van der Waals surface area contributed by atoms with E-state index in [4.69, 9.17) is 15.8 Å². The van der Waals surface area contributed by atoms with E-state index in [9.17, 15) is 17.6 Å². The van der Waals surface area contributed by atoms with Crippen molar-refractivity contribution in [1.82, 2.24) is 4.90 Å². The Kier molecular flexibility index (Phi) is 6.97. The summed E-state index contributed by atoms with van der Waals surface area (Å²) >= 11 is 6.01. The molecule has 0 aliphatic carbocycles. The highest BCUT2D eigenvalue weighted by Crippen LogP contribution is 2.22. The van der Waals surface area contributed by atoms with Crippen LogP contribution in [0.2, 0.25) is 5.02 Å². The van der Waals surface area contributed by atoms with Gasteiger partial charge in [-0.1, -0.05) is 29.8 Å². The molecular weight excluding hydrogens is 441 g/mol. The van der Waals surface area contributed by atoms with Gasteiger partial charge in [0, 0.05) is 23.2 Å². The number of amides is 1. The smallest absolute Gasteiger partial charge is 0.339 e. The Balaban J connectivity index is 1.81. The van der Waals surface area contributed by atoms with Crippen LogP contribution in [0.4, 0.5) is 4.39 Å². The highest BCUT2D eigenvalue weighted by Gasteiger charge is 2.21. The number of hydrogen-bond acceptors (Lipinski definition) is 4. The van der Waals surface area contributed by atoms with E-state index in [1.165, 1.54) is 6.07 Å². The predicted molar refractivity (Wildman–Crippen MR) is 117 cm³/mol. The van der Waals surface area contributed by atoms with Crippen molar-refractivity contribution in [3.8, 4) is 5.75 Å². The second kappa shape index (κ2) is 9.49. The predicted octanol–water partition coefficient (Wildman–Crippen LogP) is 5.30. The van der Waals surface area contributed by atoms with Gasteiger partial charge in [0.05, 0.1) is 0 Å². The van der Waals surface area contributed by atoms with E-state index >= 15 is 0 Å². The molecule has 8 heteroatoms. The number of nitrogens with zero attached hydrogens (tertiary/aromatic N) is 1. The molecule has 1 amide bonds. The molecule has 3 rings (SSSR count). The lowest BCUT2D eigenvalue weighted by molar-refractivity contribution is 0.0690. The molecule has 0 spiro atoms. The van der Waals surface area contributed by atoms with E-state index in [2.05, 4.69) is 0 Å². The molecule has 0 aromatic heterocycles. The Labute approximate surface area is 186 Å². The third-order valence-electron chi connectivity index (χ3n) is 4.52. The SMILES string of the molecule is CC(C)N(Cc1cccc(OS(=O)(=O)c2ccc(F)cc2)c1)C(=O)c1cccc(Cl)c1. The Morgan fingerprint density at radius 2 is 1.71 bits per heavy atom. The van der Waals surface area contributed by atoms with Gasteiger partial charge in [-0.05, 0) is 74.0 Å². The van der Waals surface area contributed by atoms with E-state index in [1.807, 2.05) is 13.8 Å². The van der Waals surface area contributed by atoms with Crippen LogP contribution in [0.5, 0.6) is 5.75 Å². The van der Waals surface area contributed by atoms with Crippen LogP contribution in [-0.4, -0.2) is 25.3 Å². The Bertz CT molecular complexity index is 1180. The summed E-state index contributed by atoms with van der Waals surface area (Å²) in [6, 6.07) is 17.4. The van der Waals surface area contributed by atoms with E-state index in [-0.39, 0.29) is 29.1 Å². The van der Waals surface area contributed by atoms with E-state index < -0.39 is 15.9 Å². The number of halogens is 2. The van der Waals surface area contributed by atoms with Crippen LogP contribution in [0.15, 0.2) is 77.7 Å². The molecule has 0 aliphatic rings. The van der Waals surface area contributed by atoms with Crippen LogP contribution in [0.25, 0.3) is 0 Å². The largest absolute Gasteiger partial charge is 0.379 e. The molecule has 3 aromatic carbocycles. The molecule has 0 unspecified atom stereocenters. The zero-order chi connectivity index (χ0) is 22.6. The molecule has 0 N–H and O–H groups in total. The maximum Gasteiger partial charge on any atom is 0.339 e. The summed E-state index contributed by atoms with van der Waals surface area (Å²) in [5, 5.41) is 0.468. The fraction of sp³-hybridized carbons (Fsp3) is 0.174. The molecule has 31 heavy (non-hydrogen) atoms. The lowest BCUT2D eigenvalue weighted by atomic mass is 10.1. The van der Waals surface area contributed by atoms with Gasteiger partial charge in [0.25, 0.3) is 5.91 Å². The first-order valence-electron chi connectivity index (χ1n) is 9.51. The third kappa shape index (κ3) is 5.83. The van der Waals surface area contributed by atoms with Crippen molar-refractivity contribution in [3.05, 3.63) is 94.8 Å². The van der Waals surface area contributed by atoms with Crippen LogP contribution >= 0.6 is 11.6 Å². The Morgan fingerprint density at radius 3 is 2.35 bits per heavy atom. The number of hydrogen-bond donors (Lipinski definition) is 0. The molecule has 0 aliphatic heterocycles. The van der Waals surface area contributed by atoms with E-state index in [1.54, 1.807) is 47.4 Å². The Morgan fingerprint density at radius 1 is 1.03 bits per heavy atom. The van der Waals surface area contributed by atoms with Crippen molar-refractivity contribution in [2.75, 3.05) is 0 Å². The summed E-state index contributed by atoms with van der Waals surface area (Å²) in [7, 11) is -4.12. The van der Waals surface area contributed by atoms with Gasteiger partial charge in [-0.3, -0.25) is 4.79 Å². The monoisotopic (exact) mass is 461 g/mol. The van der Waals surface area contributed by atoms with Crippen LogP contribution in [0.1, 0.15) is 29.8 Å². The molecule has 3 aromatic rings. The molecule has 5 nitrogen and oxygen atoms in total. The molecule has 0 heterocycles. The van der Waals surface area contributed by atoms with Gasteiger partial charge in [0.15, 0.2) is 0 Å². The number of benzene rings is 3. The molecule has 0 radical (unpaired) electrons. The molecule has 162 valence electrons. The summed E-state index contributed by atoms with van der Waals surface area (Å²) < 4.78 is 43.2. The van der Waals surface area contributed by atoms with Crippen LogP contribution in [-0.2, 0) is 16.7 Å². The molecule has 0 atom stereocenters. The van der Waals surface area contributed by atoms with Gasteiger partial charge in [0.2, 0.25) is 0 Å². The maximum absolute atomic E-state index is 13.1. The third-order valence-corrected chi connectivity index (χ3v) is 6.01. The molecule has 0 saturated heterocycles. The first kappa shape index (κ1) is 22.8. The number of carbonyl (C=O) groups is 1. The van der Waals surface area contributed by atoms with Crippen LogP contribution in [0, 0.1) is 5.82 Å². The maximum atomic E-state index is 13.1. The van der Waals surface area contributed by atoms with Crippen molar-refractivity contribution >= 4 is 27.6 Å². The highest BCUT2D eigenvalue weighted by molar-refractivity contribution is 7.87. The van der Waals surface area contributed by atoms with Gasteiger partial charge in [-0.15, -0.1) is 0 Å². The summed E-state index contributed by atoms with van der Waals surface area (Å²) in [6.07, 6.45) is 0. The van der Waals surface area contributed by atoms with Crippen molar-refractivity contribution in [2.24, 2.45) is 0 Å². The van der Waals surface area contributed by atoms with Gasteiger partial charge >= 0.3 is 10.1 Å². The summed E-state index contributed by atoms with van der Waals surface area (Å²) in [5.74, 6) is -0.636. The fourth-order valence-electron chi connectivity index (χ4n) is 2.94. The van der Waals surface area contributed by atoms with Crippen LogP contribution in [0.3, 0.4) is 0 Å². The van der Waals surface area contributed by atoms with Crippen molar-refractivity contribution in [1.29, 1.82) is 0 Å². The van der Waals surface area contributed by atoms with Crippen molar-refractivity contribution in [3.63, 3.8) is 0 Å². The van der Waals surface area contributed by atoms with Crippen molar-refractivity contribution in [2.45, 2.75) is 31.3 Å². The molecule has 0 bridgehead atoms. The quantitative estimate of drug-likeness (QED) is 0.448. The standard InChI is InChI=1S/C23H21ClFNO4S/c1-16(2)26(23(27)18-6-4-7-19(24)14-18)15-17-5-3-8-21(13-17)30-31(28,29)22-11-9-20(25)10-12-22/h3-14,16H,15H2,1-2H3. The van der Waals surface area contributed by atoms with E-state index in [0.29, 0.717) is 16.1 Å². The second-order valence-electron chi connectivity index (χ2n) is 7.18. The number of carbonyl (C=O) groups excluding carboxylic acids is 1. The summed E-state index contributed by atoms with van der Waals surface area (Å²) in [5.41, 5.74) is 1.16. The average molecular weight is 462 g/mol. The highest BCUT2D eigenvalue weighted by atomic mass is 35.5. The topological polar surface area (TPSA) is 63.7 Å². The first-order chi connectivity index (χ1) is 14.7. The van der Waals surface area contributed by atoms with E-state index in [0.717, 1.165) is 24.3 Å². The van der Waals surface area contributed by atoms with Crippen LogP contribution < -0.4 is 4.18 Å².